The molecule has 6 nitrogen and oxygen atoms in total. The smallest absolute Gasteiger partial charge is 0.150 e. The number of fused-ring (bicyclic) bond motifs is 2. The van der Waals surface area contributed by atoms with Crippen molar-refractivity contribution in [3.63, 3.8) is 0 Å². The lowest BCUT2D eigenvalue weighted by atomic mass is 9.82. The largest absolute Gasteiger partial charge is 0.393 e. The Labute approximate surface area is 189 Å². The van der Waals surface area contributed by atoms with Crippen molar-refractivity contribution in [2.24, 2.45) is 0 Å². The van der Waals surface area contributed by atoms with Crippen molar-refractivity contribution in [2.75, 3.05) is 5.73 Å². The number of nitrogens with zero attached hydrogens (tertiary/aromatic N) is 4. The summed E-state index contributed by atoms with van der Waals surface area (Å²) in [4.78, 5) is 14.1. The molecule has 1 saturated carbocycles. The average Bonchev–Trinajstić information content (AvgIpc) is 3.17. The minimum atomic E-state index is -0.278. The highest BCUT2D eigenvalue weighted by atomic mass is 35.5. The molecule has 1 aliphatic rings. The Kier molecular flexibility index (Phi) is 4.38. The number of hydrogen-bond acceptors (Lipinski definition) is 5. The van der Waals surface area contributed by atoms with Crippen molar-refractivity contribution in [3.8, 4) is 22.5 Å². The van der Waals surface area contributed by atoms with Gasteiger partial charge in [-0.05, 0) is 31.0 Å². The van der Waals surface area contributed by atoms with E-state index in [0.717, 1.165) is 39.1 Å². The lowest BCUT2D eigenvalue weighted by Gasteiger charge is -2.30. The van der Waals surface area contributed by atoms with Gasteiger partial charge in [-0.3, -0.25) is 4.40 Å². The number of aliphatic hydroxyl groups is 1. The van der Waals surface area contributed by atoms with Crippen LogP contribution in [-0.4, -0.2) is 30.6 Å². The zero-order valence-electron chi connectivity index (χ0n) is 17.1. The fourth-order valence-electron chi connectivity index (χ4n) is 4.46. The number of hydrogen-bond donors (Lipinski definition) is 2. The molecule has 0 saturated heterocycles. The van der Waals surface area contributed by atoms with Gasteiger partial charge in [0.2, 0.25) is 0 Å². The van der Waals surface area contributed by atoms with Crippen LogP contribution in [0.3, 0.4) is 0 Å². The molecule has 0 radical (unpaired) electrons. The van der Waals surface area contributed by atoms with Gasteiger partial charge in [-0.15, -0.1) is 0 Å². The lowest BCUT2D eigenvalue weighted by molar-refractivity contribution is 0.0715. The third-order valence-corrected chi connectivity index (χ3v) is 6.50. The molecule has 5 aromatic rings. The molecule has 3 N–H and O–H groups in total. The summed E-state index contributed by atoms with van der Waals surface area (Å²) in [6.07, 6.45) is 4.63. The molecule has 0 bridgehead atoms. The van der Waals surface area contributed by atoms with Crippen LogP contribution in [0.15, 0.2) is 67.0 Å². The summed E-state index contributed by atoms with van der Waals surface area (Å²) < 4.78 is 1.97. The highest BCUT2D eigenvalue weighted by molar-refractivity contribution is 6.34. The number of aromatic nitrogens is 4. The number of imidazole rings is 1. The Morgan fingerprint density at radius 2 is 1.84 bits per heavy atom. The van der Waals surface area contributed by atoms with E-state index in [-0.39, 0.29) is 12.0 Å². The minimum absolute atomic E-state index is 0.176. The van der Waals surface area contributed by atoms with E-state index < -0.39 is 0 Å². The lowest BCUT2D eigenvalue weighted by Crippen LogP contribution is -2.27. The molecule has 2 aromatic carbocycles. The van der Waals surface area contributed by atoms with Crippen LogP contribution >= 0.6 is 11.6 Å². The molecule has 0 spiro atoms. The SMILES string of the molecule is Nc1nccn2c(C3CC(O)C3)nc(-c3cc4nc(-c5ccccc5)ccc4cc3Cl)c12. The third kappa shape index (κ3) is 3.03. The van der Waals surface area contributed by atoms with E-state index in [0.29, 0.717) is 29.4 Å². The number of nitrogen functional groups attached to an aromatic ring is 1. The van der Waals surface area contributed by atoms with Crippen LogP contribution in [0.5, 0.6) is 0 Å². The minimum Gasteiger partial charge on any atom is -0.393 e. The van der Waals surface area contributed by atoms with Crippen LogP contribution in [0.2, 0.25) is 5.02 Å². The van der Waals surface area contributed by atoms with Crippen molar-refractivity contribution in [3.05, 3.63) is 77.8 Å². The molecule has 3 heterocycles. The normalized spacial score (nSPS) is 18.2. The molecule has 158 valence electrons. The Morgan fingerprint density at radius 1 is 1.03 bits per heavy atom. The van der Waals surface area contributed by atoms with E-state index in [9.17, 15) is 5.11 Å². The molecule has 3 aromatic heterocycles. The maximum atomic E-state index is 9.81. The van der Waals surface area contributed by atoms with Crippen molar-refractivity contribution in [1.82, 2.24) is 19.4 Å². The number of anilines is 1. The molecule has 1 aliphatic carbocycles. The molecule has 0 atom stereocenters. The van der Waals surface area contributed by atoms with Crippen molar-refractivity contribution < 1.29 is 5.11 Å². The standard InChI is InChI=1S/C25H20ClN5O/c26-19-12-15-6-7-20(14-4-2-1-3-5-14)29-21(15)13-18(19)22-23-24(27)28-8-9-31(23)25(30-22)16-10-17(32)11-16/h1-9,12-13,16-17,32H,10-11H2,(H2,27,28). The number of rotatable bonds is 3. The quantitative estimate of drug-likeness (QED) is 0.407. The molecular weight excluding hydrogens is 422 g/mol. The van der Waals surface area contributed by atoms with E-state index in [1.807, 2.05) is 65.2 Å². The van der Waals surface area contributed by atoms with Gasteiger partial charge in [0.1, 0.15) is 22.9 Å². The Balaban J connectivity index is 1.55. The van der Waals surface area contributed by atoms with Crippen molar-refractivity contribution in [2.45, 2.75) is 24.9 Å². The fourth-order valence-corrected chi connectivity index (χ4v) is 4.72. The number of pyridine rings is 1. The second kappa shape index (κ2) is 7.29. The second-order valence-corrected chi connectivity index (χ2v) is 8.67. The highest BCUT2D eigenvalue weighted by Crippen LogP contribution is 2.41. The van der Waals surface area contributed by atoms with E-state index in [1.165, 1.54) is 0 Å². The predicted molar refractivity (Wildman–Crippen MR) is 127 cm³/mol. The molecule has 1 fully saturated rings. The molecule has 6 rings (SSSR count). The Morgan fingerprint density at radius 3 is 2.62 bits per heavy atom. The van der Waals surface area contributed by atoms with Crippen LogP contribution in [0.25, 0.3) is 38.9 Å². The number of nitrogens with two attached hydrogens (primary N) is 1. The number of aliphatic hydroxyl groups excluding tert-OH is 1. The number of halogens is 1. The average molecular weight is 442 g/mol. The van der Waals surface area contributed by atoms with E-state index >= 15 is 0 Å². The van der Waals surface area contributed by atoms with Gasteiger partial charge in [-0.25, -0.2) is 15.0 Å². The zero-order chi connectivity index (χ0) is 21.8. The van der Waals surface area contributed by atoms with E-state index in [2.05, 4.69) is 4.98 Å². The first kappa shape index (κ1) is 19.2. The van der Waals surface area contributed by atoms with Gasteiger partial charge in [0.05, 0.1) is 22.3 Å². The van der Waals surface area contributed by atoms with Crippen molar-refractivity contribution in [1.29, 1.82) is 0 Å². The first-order chi connectivity index (χ1) is 15.6. The Hall–Kier alpha value is -3.48. The van der Waals surface area contributed by atoms with Gasteiger partial charge >= 0.3 is 0 Å². The van der Waals surface area contributed by atoms with Gasteiger partial charge in [-0.1, -0.05) is 48.0 Å². The summed E-state index contributed by atoms with van der Waals surface area (Å²) in [5.74, 6) is 1.44. The highest BCUT2D eigenvalue weighted by Gasteiger charge is 2.33. The van der Waals surface area contributed by atoms with Crippen LogP contribution < -0.4 is 5.73 Å². The second-order valence-electron chi connectivity index (χ2n) is 8.26. The molecule has 0 aliphatic heterocycles. The molecule has 7 heteroatoms. The number of benzene rings is 2. The summed E-state index contributed by atoms with van der Waals surface area (Å²) in [5, 5.41) is 11.3. The maximum Gasteiger partial charge on any atom is 0.150 e. The van der Waals surface area contributed by atoms with Gasteiger partial charge in [0, 0.05) is 34.8 Å². The van der Waals surface area contributed by atoms with Gasteiger partial charge < -0.3 is 10.8 Å². The third-order valence-electron chi connectivity index (χ3n) is 6.19. The van der Waals surface area contributed by atoms with Crippen LogP contribution in [0, 0.1) is 0 Å². The summed E-state index contributed by atoms with van der Waals surface area (Å²) in [7, 11) is 0. The van der Waals surface area contributed by atoms with Crippen LogP contribution in [0.1, 0.15) is 24.6 Å². The molecule has 0 unspecified atom stereocenters. The summed E-state index contributed by atoms with van der Waals surface area (Å²) in [5.41, 5.74) is 11.2. The molecule has 0 amide bonds. The molecule has 32 heavy (non-hydrogen) atoms. The van der Waals surface area contributed by atoms with Crippen LogP contribution in [-0.2, 0) is 0 Å². The fraction of sp³-hybridized carbons (Fsp3) is 0.160. The van der Waals surface area contributed by atoms with Gasteiger partial charge in [0.15, 0.2) is 0 Å². The van der Waals surface area contributed by atoms with E-state index in [4.69, 9.17) is 27.3 Å². The predicted octanol–water partition coefficient (Wildman–Crippen LogP) is 5.09. The zero-order valence-corrected chi connectivity index (χ0v) is 17.9. The summed E-state index contributed by atoms with van der Waals surface area (Å²) in [6, 6.07) is 18.0. The first-order valence-corrected chi connectivity index (χ1v) is 10.9. The van der Waals surface area contributed by atoms with Gasteiger partial charge in [-0.2, -0.15) is 0 Å². The van der Waals surface area contributed by atoms with E-state index in [1.54, 1.807) is 6.20 Å². The van der Waals surface area contributed by atoms with Gasteiger partial charge in [0.25, 0.3) is 0 Å². The Bertz CT molecular complexity index is 1470. The molecular formula is C25H20ClN5O. The maximum absolute atomic E-state index is 9.81. The monoisotopic (exact) mass is 441 g/mol. The van der Waals surface area contributed by atoms with Crippen LogP contribution in [0.4, 0.5) is 5.82 Å². The summed E-state index contributed by atoms with van der Waals surface area (Å²) in [6.45, 7) is 0. The first-order valence-electron chi connectivity index (χ1n) is 10.5. The summed E-state index contributed by atoms with van der Waals surface area (Å²) >= 11 is 6.73. The van der Waals surface area contributed by atoms with Crippen molar-refractivity contribution >= 4 is 33.8 Å². The topological polar surface area (TPSA) is 89.3 Å².